The molecule has 2 aliphatic rings. The Labute approximate surface area is 182 Å². The van der Waals surface area contributed by atoms with Gasteiger partial charge in [0.25, 0.3) is 0 Å². The molecule has 6 nitrogen and oxygen atoms in total. The number of rotatable bonds is 8. The van der Waals surface area contributed by atoms with E-state index < -0.39 is 0 Å². The summed E-state index contributed by atoms with van der Waals surface area (Å²) in [5.41, 5.74) is 2.10. The number of carbonyl (C=O) groups is 1. The Balaban J connectivity index is 1.28. The van der Waals surface area contributed by atoms with Gasteiger partial charge in [0.15, 0.2) is 11.5 Å². The smallest absolute Gasteiger partial charge is 0.227 e. The van der Waals surface area contributed by atoms with Crippen molar-refractivity contribution in [2.24, 2.45) is 0 Å². The number of ether oxygens (including phenoxy) is 2. The summed E-state index contributed by atoms with van der Waals surface area (Å²) in [6, 6.07) is 13.9. The summed E-state index contributed by atoms with van der Waals surface area (Å²) >= 11 is 1.57. The van der Waals surface area contributed by atoms with Crippen molar-refractivity contribution in [3.8, 4) is 17.2 Å². The van der Waals surface area contributed by atoms with Crippen LogP contribution in [-0.4, -0.2) is 56.5 Å². The van der Waals surface area contributed by atoms with Gasteiger partial charge in [-0.25, -0.2) is 0 Å². The van der Waals surface area contributed by atoms with Crippen LogP contribution in [-0.2, 0) is 11.2 Å². The summed E-state index contributed by atoms with van der Waals surface area (Å²) in [6.45, 7) is 3.10. The van der Waals surface area contributed by atoms with Crippen LogP contribution in [0.2, 0.25) is 0 Å². The van der Waals surface area contributed by atoms with Gasteiger partial charge in [0.1, 0.15) is 5.75 Å². The van der Waals surface area contributed by atoms with E-state index in [1.807, 2.05) is 35.2 Å². The number of anilines is 1. The number of hydrogen-bond donors (Lipinski definition) is 0. The van der Waals surface area contributed by atoms with Crippen LogP contribution in [0, 0.1) is 0 Å². The maximum absolute atomic E-state index is 12.8. The molecule has 2 fully saturated rings. The average molecular weight is 429 g/mol. The van der Waals surface area contributed by atoms with Crippen LogP contribution in [0.4, 0.5) is 5.69 Å². The standard InChI is InChI=1S/C23H28N2O4S/c1-27-21-10-3-17(15-22(21)28-2)16-23(26)25-13-11-24(12-14-25)18-4-6-19(7-5-18)29-30-20-8-9-20/h3-7,10,15,20H,8-9,11-14,16H2,1-2H3. The molecule has 1 amide bonds. The molecule has 0 unspecified atom stereocenters. The number of benzene rings is 2. The zero-order valence-electron chi connectivity index (χ0n) is 17.5. The molecule has 0 bridgehead atoms. The Kier molecular flexibility index (Phi) is 6.57. The maximum Gasteiger partial charge on any atom is 0.227 e. The number of nitrogens with zero attached hydrogens (tertiary/aromatic N) is 2. The molecule has 2 aromatic rings. The predicted octanol–water partition coefficient (Wildman–Crippen LogP) is 3.78. The minimum atomic E-state index is 0.141. The Morgan fingerprint density at radius 1 is 0.967 bits per heavy atom. The normalized spacial score (nSPS) is 16.3. The Morgan fingerprint density at radius 2 is 1.67 bits per heavy atom. The predicted molar refractivity (Wildman–Crippen MR) is 120 cm³/mol. The minimum absolute atomic E-state index is 0.141. The fourth-order valence-corrected chi connectivity index (χ4v) is 4.18. The van der Waals surface area contributed by atoms with Crippen molar-refractivity contribution in [2.75, 3.05) is 45.3 Å². The first-order chi connectivity index (χ1) is 14.7. The van der Waals surface area contributed by atoms with Crippen LogP contribution in [0.3, 0.4) is 0 Å². The van der Waals surface area contributed by atoms with Gasteiger partial charge in [-0.3, -0.25) is 4.79 Å². The third-order valence-corrected chi connectivity index (χ3v) is 6.47. The van der Waals surface area contributed by atoms with E-state index in [2.05, 4.69) is 17.0 Å². The molecule has 30 heavy (non-hydrogen) atoms. The number of carbonyl (C=O) groups excluding carboxylic acids is 1. The van der Waals surface area contributed by atoms with Gasteiger partial charge in [-0.05, 0) is 54.8 Å². The van der Waals surface area contributed by atoms with Crippen molar-refractivity contribution >= 4 is 23.6 Å². The topological polar surface area (TPSA) is 51.2 Å². The highest BCUT2D eigenvalue weighted by Gasteiger charge is 2.24. The molecule has 2 aromatic carbocycles. The third kappa shape index (κ3) is 5.14. The molecular weight excluding hydrogens is 400 g/mol. The summed E-state index contributed by atoms with van der Waals surface area (Å²) < 4.78 is 16.3. The van der Waals surface area contributed by atoms with Gasteiger partial charge in [0, 0.05) is 37.1 Å². The van der Waals surface area contributed by atoms with Crippen molar-refractivity contribution < 1.29 is 18.5 Å². The van der Waals surface area contributed by atoms with Crippen LogP contribution < -0.4 is 18.6 Å². The molecular formula is C23H28N2O4S. The Morgan fingerprint density at radius 3 is 2.30 bits per heavy atom. The number of hydrogen-bond acceptors (Lipinski definition) is 6. The molecule has 0 spiro atoms. The van der Waals surface area contributed by atoms with Crippen molar-refractivity contribution in [1.29, 1.82) is 0 Å². The van der Waals surface area contributed by atoms with Crippen molar-refractivity contribution in [2.45, 2.75) is 24.5 Å². The quantitative estimate of drug-likeness (QED) is 0.597. The van der Waals surface area contributed by atoms with Gasteiger partial charge in [-0.15, -0.1) is 0 Å². The molecule has 0 aromatic heterocycles. The lowest BCUT2D eigenvalue weighted by atomic mass is 10.1. The molecule has 1 saturated carbocycles. The molecule has 1 aliphatic heterocycles. The van der Waals surface area contributed by atoms with E-state index in [4.69, 9.17) is 13.7 Å². The SMILES string of the molecule is COc1ccc(CC(=O)N2CCN(c3ccc(OSC4CC4)cc3)CC2)cc1OC. The summed E-state index contributed by atoms with van der Waals surface area (Å²) in [4.78, 5) is 17.0. The maximum atomic E-state index is 12.8. The van der Waals surface area contributed by atoms with Gasteiger partial charge in [-0.1, -0.05) is 6.07 Å². The van der Waals surface area contributed by atoms with Gasteiger partial charge in [0.2, 0.25) is 5.91 Å². The largest absolute Gasteiger partial charge is 0.493 e. The lowest BCUT2D eigenvalue weighted by Crippen LogP contribution is -2.49. The summed E-state index contributed by atoms with van der Waals surface area (Å²) in [7, 11) is 3.21. The highest BCUT2D eigenvalue weighted by atomic mass is 32.2. The van der Waals surface area contributed by atoms with Crippen LogP contribution in [0.15, 0.2) is 42.5 Å². The van der Waals surface area contributed by atoms with Gasteiger partial charge < -0.3 is 23.5 Å². The number of piperazine rings is 1. The van der Waals surface area contributed by atoms with E-state index in [0.717, 1.165) is 37.5 Å². The van der Waals surface area contributed by atoms with Crippen LogP contribution in [0.1, 0.15) is 18.4 Å². The highest BCUT2D eigenvalue weighted by molar-refractivity contribution is 7.95. The number of methoxy groups -OCH3 is 2. The van der Waals surface area contributed by atoms with E-state index in [1.54, 1.807) is 26.3 Å². The zero-order valence-corrected chi connectivity index (χ0v) is 18.3. The third-order valence-electron chi connectivity index (χ3n) is 5.44. The van der Waals surface area contributed by atoms with Crippen LogP contribution >= 0.6 is 12.0 Å². The van der Waals surface area contributed by atoms with E-state index in [0.29, 0.717) is 23.2 Å². The first-order valence-electron chi connectivity index (χ1n) is 10.3. The van der Waals surface area contributed by atoms with Gasteiger partial charge in [0.05, 0.1) is 32.7 Å². The second kappa shape index (κ2) is 9.51. The molecule has 0 atom stereocenters. The fraction of sp³-hybridized carbons (Fsp3) is 0.435. The van der Waals surface area contributed by atoms with E-state index in [1.165, 1.54) is 18.5 Å². The molecule has 4 rings (SSSR count). The first kappa shape index (κ1) is 20.7. The summed E-state index contributed by atoms with van der Waals surface area (Å²) in [6.07, 6.45) is 2.89. The molecule has 7 heteroatoms. The van der Waals surface area contributed by atoms with Crippen LogP contribution in [0.5, 0.6) is 17.2 Å². The van der Waals surface area contributed by atoms with E-state index in [9.17, 15) is 4.79 Å². The highest BCUT2D eigenvalue weighted by Crippen LogP contribution is 2.35. The van der Waals surface area contributed by atoms with Crippen molar-refractivity contribution in [1.82, 2.24) is 4.90 Å². The van der Waals surface area contributed by atoms with Gasteiger partial charge in [-0.2, -0.15) is 0 Å². The summed E-state index contributed by atoms with van der Waals surface area (Å²) in [5.74, 6) is 2.36. The molecule has 0 radical (unpaired) electrons. The fourth-order valence-electron chi connectivity index (χ4n) is 3.49. The lowest BCUT2D eigenvalue weighted by molar-refractivity contribution is -0.130. The molecule has 160 valence electrons. The van der Waals surface area contributed by atoms with Crippen molar-refractivity contribution in [3.63, 3.8) is 0 Å². The Bertz CT molecular complexity index is 862. The molecule has 1 saturated heterocycles. The monoisotopic (exact) mass is 428 g/mol. The molecule has 0 N–H and O–H groups in total. The zero-order chi connectivity index (χ0) is 20.9. The van der Waals surface area contributed by atoms with Gasteiger partial charge >= 0.3 is 0 Å². The van der Waals surface area contributed by atoms with E-state index >= 15 is 0 Å². The first-order valence-corrected chi connectivity index (χ1v) is 11.1. The second-order valence-electron chi connectivity index (χ2n) is 7.61. The van der Waals surface area contributed by atoms with E-state index in [-0.39, 0.29) is 5.91 Å². The molecule has 1 aliphatic carbocycles. The number of amides is 1. The Hall–Kier alpha value is -2.54. The molecule has 1 heterocycles. The van der Waals surface area contributed by atoms with Crippen LogP contribution in [0.25, 0.3) is 0 Å². The summed E-state index contributed by atoms with van der Waals surface area (Å²) in [5, 5.41) is 0.675. The second-order valence-corrected chi connectivity index (χ2v) is 8.63. The minimum Gasteiger partial charge on any atom is -0.493 e. The average Bonchev–Trinajstić information content (AvgIpc) is 3.62. The lowest BCUT2D eigenvalue weighted by Gasteiger charge is -2.36. The van der Waals surface area contributed by atoms with Crippen molar-refractivity contribution in [3.05, 3.63) is 48.0 Å².